The summed E-state index contributed by atoms with van der Waals surface area (Å²) >= 11 is 2.37. The number of halogens is 1. The smallest absolute Gasteiger partial charge is 0.301 e. The Hall–Kier alpha value is -5.20. The topological polar surface area (TPSA) is 111 Å². The molecule has 254 valence electrons. The van der Waals surface area contributed by atoms with Crippen molar-refractivity contribution < 1.29 is 33.3 Å². The van der Waals surface area contributed by atoms with E-state index in [1.54, 1.807) is 54.6 Å². The fourth-order valence-corrected chi connectivity index (χ4v) is 7.85. The Balaban J connectivity index is 1.28. The van der Waals surface area contributed by atoms with E-state index < -0.39 is 17.7 Å². The first-order chi connectivity index (χ1) is 24.3. The quantitative estimate of drug-likeness (QED) is 0.0481. The first-order valence-corrected chi connectivity index (χ1v) is 17.8. The number of fused-ring (bicyclic) bond motifs is 1. The van der Waals surface area contributed by atoms with Crippen LogP contribution in [0.2, 0.25) is 0 Å². The van der Waals surface area contributed by atoms with E-state index in [4.69, 9.17) is 14.2 Å². The Morgan fingerprint density at radius 3 is 2.60 bits per heavy atom. The Morgan fingerprint density at radius 1 is 1.00 bits per heavy atom. The average molecular weight is 710 g/mol. The second-order valence-corrected chi connectivity index (χ2v) is 13.9. The Bertz CT molecular complexity index is 2100. The van der Waals surface area contributed by atoms with Gasteiger partial charge >= 0.3 is 5.91 Å². The lowest BCUT2D eigenvalue weighted by atomic mass is 9.94. The minimum Gasteiger partial charge on any atom is -0.507 e. The van der Waals surface area contributed by atoms with Gasteiger partial charge in [-0.1, -0.05) is 77.7 Å². The molecule has 1 amide bonds. The van der Waals surface area contributed by atoms with E-state index in [-0.39, 0.29) is 28.4 Å². The fourth-order valence-electron chi connectivity index (χ4n) is 6.00. The third-order valence-electron chi connectivity index (χ3n) is 8.35. The van der Waals surface area contributed by atoms with Gasteiger partial charge in [0.25, 0.3) is 5.78 Å². The van der Waals surface area contributed by atoms with Crippen LogP contribution in [0, 0.1) is 5.82 Å². The summed E-state index contributed by atoms with van der Waals surface area (Å²) in [5.41, 5.74) is 3.15. The van der Waals surface area contributed by atoms with Crippen molar-refractivity contribution in [1.82, 2.24) is 10.2 Å². The lowest BCUT2D eigenvalue weighted by molar-refractivity contribution is -0.132. The number of rotatable bonds is 11. The van der Waals surface area contributed by atoms with Gasteiger partial charge in [0, 0.05) is 17.7 Å². The van der Waals surface area contributed by atoms with E-state index in [2.05, 4.69) is 10.2 Å². The van der Waals surface area contributed by atoms with E-state index >= 15 is 0 Å². The number of anilines is 1. The van der Waals surface area contributed by atoms with Gasteiger partial charge in [-0.3, -0.25) is 14.5 Å². The number of aliphatic hydroxyl groups is 1. The highest BCUT2D eigenvalue weighted by Gasteiger charge is 2.48. The molecule has 12 heteroatoms. The number of hydrogen-bond acceptors (Lipinski definition) is 10. The fraction of sp³-hybridized carbons (Fsp3) is 0.211. The van der Waals surface area contributed by atoms with Crippen molar-refractivity contribution >= 4 is 45.7 Å². The first-order valence-electron chi connectivity index (χ1n) is 16.0. The number of aliphatic hydroxyl groups excluding tert-OH is 1. The monoisotopic (exact) mass is 709 g/mol. The Kier molecular flexibility index (Phi) is 9.55. The van der Waals surface area contributed by atoms with E-state index in [1.165, 1.54) is 22.7 Å². The zero-order valence-electron chi connectivity index (χ0n) is 27.2. The number of benzene rings is 4. The molecule has 9 nitrogen and oxygen atoms in total. The number of aromatic nitrogens is 2. The number of carbonyl (C=O) groups is 2. The molecule has 0 aliphatic carbocycles. The minimum atomic E-state index is -1.07. The highest BCUT2D eigenvalue weighted by atomic mass is 32.2. The van der Waals surface area contributed by atoms with Gasteiger partial charge in [-0.05, 0) is 72.5 Å². The number of amides is 1. The molecule has 2 aliphatic rings. The van der Waals surface area contributed by atoms with Gasteiger partial charge in [0.2, 0.25) is 5.13 Å². The summed E-state index contributed by atoms with van der Waals surface area (Å²) < 4.78 is 32.7. The van der Waals surface area contributed by atoms with Crippen molar-refractivity contribution in [2.45, 2.75) is 49.1 Å². The molecule has 0 radical (unpaired) electrons. The SMILES string of the molecule is CCOc1cc([C@H]2C(=C(O)c3ccc4c(c3)C[C@H](C)O4)C(=O)C(=O)N2c2nnc(SCc3ccccc3F)s2)ccc1OCc1ccccc1. The molecule has 1 saturated heterocycles. The molecule has 50 heavy (non-hydrogen) atoms. The van der Waals surface area contributed by atoms with Gasteiger partial charge in [0.15, 0.2) is 15.8 Å². The molecule has 4 aromatic carbocycles. The van der Waals surface area contributed by atoms with E-state index in [0.29, 0.717) is 63.7 Å². The maximum Gasteiger partial charge on any atom is 0.301 e. The van der Waals surface area contributed by atoms with Crippen LogP contribution in [-0.2, 0) is 28.4 Å². The van der Waals surface area contributed by atoms with Crippen LogP contribution < -0.4 is 19.1 Å². The lowest BCUT2D eigenvalue weighted by Gasteiger charge is -2.24. The molecule has 1 aromatic heterocycles. The molecule has 0 bridgehead atoms. The number of carbonyl (C=O) groups excluding carboxylic acids is 2. The van der Waals surface area contributed by atoms with Crippen LogP contribution >= 0.6 is 23.1 Å². The minimum absolute atomic E-state index is 0.0181. The maximum absolute atomic E-state index is 14.3. The maximum atomic E-state index is 14.3. The largest absolute Gasteiger partial charge is 0.507 e. The summed E-state index contributed by atoms with van der Waals surface area (Å²) in [5, 5.41) is 20.5. The van der Waals surface area contributed by atoms with Crippen LogP contribution in [0.3, 0.4) is 0 Å². The summed E-state index contributed by atoms with van der Waals surface area (Å²) in [5.74, 6) is -0.474. The van der Waals surface area contributed by atoms with E-state index in [9.17, 15) is 19.1 Å². The molecule has 0 unspecified atom stereocenters. The molecule has 3 heterocycles. The summed E-state index contributed by atoms with van der Waals surface area (Å²) in [6, 6.07) is 25.5. The van der Waals surface area contributed by atoms with Gasteiger partial charge in [-0.25, -0.2) is 4.39 Å². The lowest BCUT2D eigenvalue weighted by Crippen LogP contribution is -2.29. The van der Waals surface area contributed by atoms with E-state index in [0.717, 1.165) is 22.5 Å². The molecule has 2 aliphatic heterocycles. The van der Waals surface area contributed by atoms with Gasteiger partial charge < -0.3 is 19.3 Å². The molecule has 1 fully saturated rings. The molecule has 2 atom stereocenters. The van der Waals surface area contributed by atoms with Crippen molar-refractivity contribution in [1.29, 1.82) is 0 Å². The van der Waals surface area contributed by atoms with Gasteiger partial charge in [-0.2, -0.15) is 0 Å². The predicted octanol–water partition coefficient (Wildman–Crippen LogP) is 7.90. The number of hydrogen-bond donors (Lipinski definition) is 1. The molecule has 0 saturated carbocycles. The van der Waals surface area contributed by atoms with Gasteiger partial charge in [-0.15, -0.1) is 10.2 Å². The molecule has 7 rings (SSSR count). The summed E-state index contributed by atoms with van der Waals surface area (Å²) in [4.78, 5) is 29.0. The second kappa shape index (κ2) is 14.3. The molecule has 1 N–H and O–H groups in total. The highest BCUT2D eigenvalue weighted by molar-refractivity contribution is 8.00. The van der Waals surface area contributed by atoms with Crippen molar-refractivity contribution in [3.05, 3.63) is 130 Å². The van der Waals surface area contributed by atoms with Crippen molar-refractivity contribution in [2.24, 2.45) is 0 Å². The van der Waals surface area contributed by atoms with Gasteiger partial charge in [0.1, 0.15) is 30.0 Å². The standard InChI is InChI=1S/C38H32FN3O6S2/c1-3-46-31-19-24(13-16-30(31)47-20-23-9-5-4-6-10-23)33-32(34(43)25-14-15-29-27(18-25)17-22(2)48-29)35(44)36(45)42(33)37-40-41-38(50-37)49-21-26-11-7-8-12-28(26)39/h4-16,18-19,22,33,43H,3,17,20-21H2,1-2H3/t22-,33-/m0/s1. The average Bonchev–Trinajstić information content (AvgIpc) is 3.82. The van der Waals surface area contributed by atoms with Crippen LogP contribution in [-0.4, -0.2) is 39.7 Å². The van der Waals surface area contributed by atoms with Crippen LogP contribution in [0.1, 0.15) is 47.7 Å². The Labute approximate surface area is 296 Å². The summed E-state index contributed by atoms with van der Waals surface area (Å²) in [7, 11) is 0. The van der Waals surface area contributed by atoms with Crippen molar-refractivity contribution in [3.63, 3.8) is 0 Å². The highest BCUT2D eigenvalue weighted by Crippen LogP contribution is 2.46. The van der Waals surface area contributed by atoms with Crippen molar-refractivity contribution in [3.8, 4) is 17.2 Å². The molecule has 0 spiro atoms. The number of nitrogens with zero attached hydrogens (tertiary/aromatic N) is 3. The van der Waals surface area contributed by atoms with E-state index in [1.807, 2.05) is 44.2 Å². The number of ether oxygens (including phenoxy) is 3. The molecule has 5 aromatic rings. The Morgan fingerprint density at radius 2 is 1.80 bits per heavy atom. The number of Topliss-reactive ketones (excluding diaryl/α,β-unsaturated/α-hetero) is 1. The summed E-state index contributed by atoms with van der Waals surface area (Å²) in [6.45, 7) is 4.44. The third-order valence-corrected chi connectivity index (χ3v) is 10.4. The molecular weight excluding hydrogens is 678 g/mol. The van der Waals surface area contributed by atoms with Gasteiger partial charge in [0.05, 0.1) is 18.2 Å². The molecular formula is C38H32FN3O6S2. The number of ketones is 1. The third kappa shape index (κ3) is 6.68. The number of thioether (sulfide) groups is 1. The van der Waals surface area contributed by atoms with Crippen LogP contribution in [0.15, 0.2) is 101 Å². The second-order valence-electron chi connectivity index (χ2n) is 11.8. The zero-order valence-corrected chi connectivity index (χ0v) is 28.8. The first kappa shape index (κ1) is 33.3. The predicted molar refractivity (Wildman–Crippen MR) is 189 cm³/mol. The normalized spacial score (nSPS) is 17.9. The van der Waals surface area contributed by atoms with Crippen molar-refractivity contribution in [2.75, 3.05) is 11.5 Å². The van der Waals surface area contributed by atoms with Crippen LogP contribution in [0.25, 0.3) is 5.76 Å². The zero-order chi connectivity index (χ0) is 34.8. The van der Waals surface area contributed by atoms with Crippen LogP contribution in [0.5, 0.6) is 17.2 Å². The van der Waals surface area contributed by atoms with Crippen LogP contribution in [0.4, 0.5) is 9.52 Å². The summed E-state index contributed by atoms with van der Waals surface area (Å²) in [6.07, 6.45) is 0.629.